The Hall–Kier alpha value is -4.72. The van der Waals surface area contributed by atoms with Gasteiger partial charge in [0.15, 0.2) is 0 Å². The minimum absolute atomic E-state index is 0.155. The Balaban J connectivity index is 0.000000222. The van der Waals surface area contributed by atoms with Crippen molar-refractivity contribution in [2.45, 2.75) is 18.9 Å². The maximum atomic E-state index is 13.0. The molecule has 3 aromatic carbocycles. The van der Waals surface area contributed by atoms with Crippen LogP contribution in [0.2, 0.25) is 0 Å². The molecular formula is C30H29N3O5. The van der Waals surface area contributed by atoms with E-state index < -0.39 is 5.92 Å². The molecule has 1 atom stereocenters. The standard InChI is InChI=1S/C21H20N2O4.C9H9NO/c1-26-14-5-3-13(4-6-14)12-23-20(24)10-17(21(23)25)18-11-22-19-8-7-15(27-2)9-16(18)19;1-11-8-2-3-9-7(6-8)4-5-10-9/h3-9,11,17,22H,10,12H2,1-2H3;2-6,10H,1H3. The van der Waals surface area contributed by atoms with Gasteiger partial charge in [-0.1, -0.05) is 12.1 Å². The number of fused-ring (bicyclic) bond motifs is 2. The first kappa shape index (κ1) is 25.0. The van der Waals surface area contributed by atoms with Crippen molar-refractivity contribution >= 4 is 33.6 Å². The Kier molecular flexibility index (Phi) is 7.04. The average molecular weight is 512 g/mol. The molecule has 38 heavy (non-hydrogen) atoms. The number of rotatable bonds is 6. The third kappa shape index (κ3) is 4.93. The van der Waals surface area contributed by atoms with Crippen LogP contribution in [0.5, 0.6) is 17.2 Å². The summed E-state index contributed by atoms with van der Waals surface area (Å²) in [5, 5.41) is 2.09. The number of aromatic amines is 2. The predicted molar refractivity (Wildman–Crippen MR) is 146 cm³/mol. The highest BCUT2D eigenvalue weighted by atomic mass is 16.5. The number of H-pyrrole nitrogens is 2. The number of carbonyl (C=O) groups excluding carboxylic acids is 2. The zero-order valence-electron chi connectivity index (χ0n) is 21.5. The van der Waals surface area contributed by atoms with Gasteiger partial charge in [0.2, 0.25) is 11.8 Å². The van der Waals surface area contributed by atoms with E-state index in [4.69, 9.17) is 14.2 Å². The number of nitrogens with one attached hydrogen (secondary N) is 2. The largest absolute Gasteiger partial charge is 0.497 e. The summed E-state index contributed by atoms with van der Waals surface area (Å²) in [5.74, 6) is 1.56. The van der Waals surface area contributed by atoms with Crippen LogP contribution in [-0.2, 0) is 16.1 Å². The molecule has 8 heteroatoms. The van der Waals surface area contributed by atoms with Crippen molar-refractivity contribution in [3.8, 4) is 17.2 Å². The SMILES string of the molecule is COc1ccc(CN2C(=O)CC(c3c[nH]c4ccc(OC)cc34)C2=O)cc1.COc1ccc2[nH]ccc2c1. The summed E-state index contributed by atoms with van der Waals surface area (Å²) >= 11 is 0. The number of imide groups is 1. The predicted octanol–water partition coefficient (Wildman–Crippen LogP) is 5.40. The van der Waals surface area contributed by atoms with Gasteiger partial charge in [0.05, 0.1) is 33.8 Å². The molecule has 1 unspecified atom stereocenters. The first-order chi connectivity index (χ1) is 18.5. The molecule has 194 valence electrons. The van der Waals surface area contributed by atoms with Gasteiger partial charge in [-0.15, -0.1) is 0 Å². The molecule has 3 heterocycles. The van der Waals surface area contributed by atoms with Crippen molar-refractivity contribution in [1.29, 1.82) is 0 Å². The molecule has 0 saturated carbocycles. The molecule has 0 bridgehead atoms. The number of methoxy groups -OCH3 is 3. The van der Waals surface area contributed by atoms with E-state index in [9.17, 15) is 9.59 Å². The molecule has 6 rings (SSSR count). The Morgan fingerprint density at radius 2 is 1.45 bits per heavy atom. The van der Waals surface area contributed by atoms with Crippen LogP contribution in [0.1, 0.15) is 23.5 Å². The second-order valence-corrected chi connectivity index (χ2v) is 9.01. The Bertz CT molecular complexity index is 1580. The van der Waals surface area contributed by atoms with E-state index in [1.807, 2.05) is 79.1 Å². The zero-order chi connectivity index (χ0) is 26.6. The maximum Gasteiger partial charge on any atom is 0.237 e. The molecule has 2 amide bonds. The van der Waals surface area contributed by atoms with E-state index in [-0.39, 0.29) is 24.8 Å². The minimum atomic E-state index is -0.475. The van der Waals surface area contributed by atoms with E-state index in [1.54, 1.807) is 21.3 Å². The van der Waals surface area contributed by atoms with Gasteiger partial charge in [-0.3, -0.25) is 14.5 Å². The summed E-state index contributed by atoms with van der Waals surface area (Å²) in [4.78, 5) is 33.1. The number of hydrogen-bond donors (Lipinski definition) is 2. The number of amides is 2. The summed E-state index contributed by atoms with van der Waals surface area (Å²) < 4.78 is 15.5. The summed E-state index contributed by atoms with van der Waals surface area (Å²) in [6.07, 6.45) is 3.92. The number of ether oxygens (including phenoxy) is 3. The van der Waals surface area contributed by atoms with Crippen molar-refractivity contribution in [2.75, 3.05) is 21.3 Å². The van der Waals surface area contributed by atoms with Gasteiger partial charge in [-0.25, -0.2) is 0 Å². The number of likely N-dealkylation sites (tertiary alicyclic amines) is 1. The smallest absolute Gasteiger partial charge is 0.237 e. The van der Waals surface area contributed by atoms with Crippen LogP contribution < -0.4 is 14.2 Å². The molecule has 1 aliphatic heterocycles. The van der Waals surface area contributed by atoms with E-state index in [0.29, 0.717) is 0 Å². The summed E-state index contributed by atoms with van der Waals surface area (Å²) in [6, 6.07) is 21.0. The third-order valence-corrected chi connectivity index (χ3v) is 6.80. The average Bonchev–Trinajstić information content (AvgIpc) is 3.67. The highest BCUT2D eigenvalue weighted by Gasteiger charge is 2.40. The maximum absolute atomic E-state index is 13.0. The second kappa shape index (κ2) is 10.7. The molecule has 2 N–H and O–H groups in total. The van der Waals surface area contributed by atoms with Crippen molar-refractivity contribution < 1.29 is 23.8 Å². The highest BCUT2D eigenvalue weighted by molar-refractivity contribution is 6.08. The van der Waals surface area contributed by atoms with Gasteiger partial charge in [0.25, 0.3) is 0 Å². The van der Waals surface area contributed by atoms with Gasteiger partial charge in [0.1, 0.15) is 17.2 Å². The van der Waals surface area contributed by atoms with Crippen LogP contribution >= 0.6 is 0 Å². The van der Waals surface area contributed by atoms with Crippen LogP contribution in [0.4, 0.5) is 0 Å². The fourth-order valence-electron chi connectivity index (χ4n) is 4.70. The van der Waals surface area contributed by atoms with Gasteiger partial charge >= 0.3 is 0 Å². The van der Waals surface area contributed by atoms with Crippen molar-refractivity contribution in [3.63, 3.8) is 0 Å². The van der Waals surface area contributed by atoms with E-state index in [2.05, 4.69) is 9.97 Å². The molecule has 0 aliphatic carbocycles. The van der Waals surface area contributed by atoms with Crippen LogP contribution in [0.3, 0.4) is 0 Å². The second-order valence-electron chi connectivity index (χ2n) is 9.01. The van der Waals surface area contributed by atoms with Gasteiger partial charge in [-0.05, 0) is 65.7 Å². The van der Waals surface area contributed by atoms with Crippen LogP contribution in [0.15, 0.2) is 79.1 Å². The normalized spacial score (nSPS) is 15.0. The monoisotopic (exact) mass is 511 g/mol. The van der Waals surface area contributed by atoms with Gasteiger partial charge in [-0.2, -0.15) is 0 Å². The first-order valence-corrected chi connectivity index (χ1v) is 12.2. The molecule has 0 radical (unpaired) electrons. The summed E-state index contributed by atoms with van der Waals surface area (Å²) in [6.45, 7) is 0.268. The quantitative estimate of drug-likeness (QED) is 0.298. The third-order valence-electron chi connectivity index (χ3n) is 6.80. The fraction of sp³-hybridized carbons (Fsp3) is 0.200. The fourth-order valence-corrected chi connectivity index (χ4v) is 4.70. The molecule has 5 aromatic rings. The molecule has 2 aromatic heterocycles. The number of nitrogens with zero attached hydrogens (tertiary/aromatic N) is 1. The zero-order valence-corrected chi connectivity index (χ0v) is 21.5. The molecular weight excluding hydrogens is 482 g/mol. The Labute approximate surface area is 220 Å². The van der Waals surface area contributed by atoms with Crippen LogP contribution in [0.25, 0.3) is 21.8 Å². The topological polar surface area (TPSA) is 96.7 Å². The summed E-state index contributed by atoms with van der Waals surface area (Å²) in [7, 11) is 4.88. The lowest BCUT2D eigenvalue weighted by Crippen LogP contribution is -2.29. The Morgan fingerprint density at radius 3 is 2.16 bits per heavy atom. The lowest BCUT2D eigenvalue weighted by atomic mass is 9.97. The lowest BCUT2D eigenvalue weighted by molar-refractivity contribution is -0.139. The minimum Gasteiger partial charge on any atom is -0.497 e. The molecule has 1 saturated heterocycles. The summed E-state index contributed by atoms with van der Waals surface area (Å²) in [5.41, 5.74) is 3.78. The van der Waals surface area contributed by atoms with Crippen molar-refractivity contribution in [1.82, 2.24) is 14.9 Å². The molecule has 1 fully saturated rings. The molecule has 0 spiro atoms. The number of hydrogen-bond acceptors (Lipinski definition) is 5. The van der Waals surface area contributed by atoms with Gasteiger partial charge in [0, 0.05) is 40.6 Å². The van der Waals surface area contributed by atoms with E-state index in [0.717, 1.165) is 44.8 Å². The highest BCUT2D eigenvalue weighted by Crippen LogP contribution is 2.36. The Morgan fingerprint density at radius 1 is 0.789 bits per heavy atom. The number of benzene rings is 3. The van der Waals surface area contributed by atoms with Gasteiger partial charge < -0.3 is 24.2 Å². The molecule has 8 nitrogen and oxygen atoms in total. The van der Waals surface area contributed by atoms with Crippen LogP contribution in [-0.4, -0.2) is 48.0 Å². The number of aromatic nitrogens is 2. The van der Waals surface area contributed by atoms with Crippen LogP contribution in [0, 0.1) is 0 Å². The van der Waals surface area contributed by atoms with Crippen molar-refractivity contribution in [2.24, 2.45) is 0 Å². The van der Waals surface area contributed by atoms with E-state index >= 15 is 0 Å². The van der Waals surface area contributed by atoms with E-state index in [1.165, 1.54) is 10.3 Å². The number of carbonyl (C=O) groups is 2. The van der Waals surface area contributed by atoms with Crippen molar-refractivity contribution in [3.05, 3.63) is 90.3 Å². The first-order valence-electron chi connectivity index (χ1n) is 12.2. The lowest BCUT2D eigenvalue weighted by Gasteiger charge is -2.15. The molecule has 1 aliphatic rings.